The van der Waals surface area contributed by atoms with Crippen molar-refractivity contribution in [2.24, 2.45) is 0 Å². The Hall–Kier alpha value is -2.08. The molecule has 2 N–H and O–H groups in total. The maximum Gasteiger partial charge on any atom is 0.229 e. The van der Waals surface area contributed by atoms with E-state index < -0.39 is 0 Å². The second-order valence-corrected chi connectivity index (χ2v) is 5.01. The predicted octanol–water partition coefficient (Wildman–Crippen LogP) is 1.17. The molecule has 6 nitrogen and oxygen atoms in total. The molecule has 2 heterocycles. The Bertz CT molecular complexity index is 555. The van der Waals surface area contributed by atoms with Crippen molar-refractivity contribution in [3.05, 3.63) is 23.3 Å². The van der Waals surface area contributed by atoms with E-state index in [4.69, 9.17) is 15.2 Å². The number of piperidine rings is 1. The summed E-state index contributed by atoms with van der Waals surface area (Å²) in [4.78, 5) is 25.0. The third-order valence-corrected chi connectivity index (χ3v) is 3.52. The lowest BCUT2D eigenvalue weighted by atomic mass is 10.0. The molecular formula is C14H16N2O4. The summed E-state index contributed by atoms with van der Waals surface area (Å²) in [7, 11) is 0. The standard InChI is InChI=1S/C14H16N2O4/c15-11-4-9(14-10(5-11)7-19-8-20-14)6-16-12(17)2-1-3-13(16)18/h4-5H,1-3,6-8,15H2. The Balaban J connectivity index is 1.92. The van der Waals surface area contributed by atoms with Crippen molar-refractivity contribution in [1.29, 1.82) is 0 Å². The summed E-state index contributed by atoms with van der Waals surface area (Å²) >= 11 is 0. The largest absolute Gasteiger partial charge is 0.467 e. The Morgan fingerprint density at radius 1 is 1.20 bits per heavy atom. The van der Waals surface area contributed by atoms with E-state index >= 15 is 0 Å². The number of anilines is 1. The van der Waals surface area contributed by atoms with Gasteiger partial charge in [0.1, 0.15) is 5.75 Å². The second-order valence-electron chi connectivity index (χ2n) is 5.01. The molecule has 1 aromatic rings. The molecule has 0 radical (unpaired) electrons. The van der Waals surface area contributed by atoms with Crippen LogP contribution in [0.2, 0.25) is 0 Å². The lowest BCUT2D eigenvalue weighted by Crippen LogP contribution is -2.39. The third-order valence-electron chi connectivity index (χ3n) is 3.52. The third kappa shape index (κ3) is 2.34. The number of imide groups is 1. The summed E-state index contributed by atoms with van der Waals surface area (Å²) in [5.41, 5.74) is 8.04. The van der Waals surface area contributed by atoms with Gasteiger partial charge in [-0.05, 0) is 18.6 Å². The fourth-order valence-electron chi connectivity index (χ4n) is 2.59. The normalized spacial score (nSPS) is 18.7. The lowest BCUT2D eigenvalue weighted by Gasteiger charge is -2.27. The van der Waals surface area contributed by atoms with E-state index in [0.717, 1.165) is 11.1 Å². The summed E-state index contributed by atoms with van der Waals surface area (Å²) < 4.78 is 10.7. The Morgan fingerprint density at radius 2 is 1.95 bits per heavy atom. The molecule has 2 aliphatic rings. The highest BCUT2D eigenvalue weighted by Gasteiger charge is 2.28. The molecular weight excluding hydrogens is 260 g/mol. The minimum absolute atomic E-state index is 0.135. The molecule has 2 aliphatic heterocycles. The van der Waals surface area contributed by atoms with Gasteiger partial charge >= 0.3 is 0 Å². The van der Waals surface area contributed by atoms with Gasteiger partial charge in [0.05, 0.1) is 13.2 Å². The van der Waals surface area contributed by atoms with Crippen LogP contribution in [-0.2, 0) is 27.5 Å². The van der Waals surface area contributed by atoms with E-state index in [1.165, 1.54) is 4.90 Å². The summed E-state index contributed by atoms with van der Waals surface area (Å²) in [5, 5.41) is 0. The van der Waals surface area contributed by atoms with Gasteiger partial charge in [-0.3, -0.25) is 14.5 Å². The predicted molar refractivity (Wildman–Crippen MR) is 70.5 cm³/mol. The van der Waals surface area contributed by atoms with Crippen molar-refractivity contribution in [2.45, 2.75) is 32.4 Å². The van der Waals surface area contributed by atoms with Crippen LogP contribution in [0.15, 0.2) is 12.1 Å². The van der Waals surface area contributed by atoms with Crippen molar-refractivity contribution in [2.75, 3.05) is 12.5 Å². The number of rotatable bonds is 2. The molecule has 1 aromatic carbocycles. The smallest absolute Gasteiger partial charge is 0.229 e. The maximum atomic E-state index is 11.9. The van der Waals surface area contributed by atoms with Gasteiger partial charge in [0.25, 0.3) is 0 Å². The van der Waals surface area contributed by atoms with Crippen LogP contribution in [0.4, 0.5) is 5.69 Å². The average Bonchev–Trinajstić information content (AvgIpc) is 2.42. The van der Waals surface area contributed by atoms with E-state index in [1.54, 1.807) is 12.1 Å². The van der Waals surface area contributed by atoms with Crippen LogP contribution in [0.3, 0.4) is 0 Å². The SMILES string of the molecule is Nc1cc2c(c(CN3C(=O)CCCC3=O)c1)OCOC2. The van der Waals surface area contributed by atoms with Crippen molar-refractivity contribution in [1.82, 2.24) is 4.90 Å². The van der Waals surface area contributed by atoms with E-state index in [0.29, 0.717) is 37.3 Å². The molecule has 0 spiro atoms. The van der Waals surface area contributed by atoms with Crippen LogP contribution in [-0.4, -0.2) is 23.5 Å². The molecule has 1 fully saturated rings. The highest BCUT2D eigenvalue weighted by Crippen LogP contribution is 2.32. The van der Waals surface area contributed by atoms with Crippen molar-refractivity contribution in [3.8, 4) is 5.75 Å². The van der Waals surface area contributed by atoms with Gasteiger partial charge in [-0.2, -0.15) is 0 Å². The van der Waals surface area contributed by atoms with Gasteiger partial charge in [0.2, 0.25) is 11.8 Å². The van der Waals surface area contributed by atoms with Crippen LogP contribution in [0.25, 0.3) is 0 Å². The summed E-state index contributed by atoms with van der Waals surface area (Å²) in [5.74, 6) is 0.408. The van der Waals surface area contributed by atoms with E-state index in [-0.39, 0.29) is 25.2 Å². The van der Waals surface area contributed by atoms with Crippen molar-refractivity contribution in [3.63, 3.8) is 0 Å². The number of likely N-dealkylation sites (tertiary alicyclic amines) is 1. The number of nitrogens with two attached hydrogens (primary N) is 1. The molecule has 0 unspecified atom stereocenters. The number of carbonyl (C=O) groups is 2. The Kier molecular flexibility index (Phi) is 3.31. The van der Waals surface area contributed by atoms with Crippen molar-refractivity contribution < 1.29 is 19.1 Å². The second kappa shape index (κ2) is 5.13. The molecule has 3 rings (SSSR count). The molecule has 0 bridgehead atoms. The monoisotopic (exact) mass is 276 g/mol. The van der Waals surface area contributed by atoms with Gasteiger partial charge in [-0.15, -0.1) is 0 Å². The fourth-order valence-corrected chi connectivity index (χ4v) is 2.59. The molecule has 1 saturated heterocycles. The van der Waals surface area contributed by atoms with Gasteiger partial charge in [-0.25, -0.2) is 0 Å². The number of fused-ring (bicyclic) bond motifs is 1. The minimum atomic E-state index is -0.135. The zero-order valence-corrected chi connectivity index (χ0v) is 11.1. The molecule has 0 aromatic heterocycles. The van der Waals surface area contributed by atoms with Crippen LogP contribution in [0.5, 0.6) is 5.75 Å². The Morgan fingerprint density at radius 3 is 2.70 bits per heavy atom. The summed E-state index contributed by atoms with van der Waals surface area (Å²) in [6.07, 6.45) is 1.47. The number of carbonyl (C=O) groups excluding carboxylic acids is 2. The van der Waals surface area contributed by atoms with Crippen LogP contribution >= 0.6 is 0 Å². The van der Waals surface area contributed by atoms with E-state index in [1.807, 2.05) is 0 Å². The Labute approximate surface area is 116 Å². The molecule has 106 valence electrons. The number of nitrogen functional groups attached to an aromatic ring is 1. The molecule has 20 heavy (non-hydrogen) atoms. The van der Waals surface area contributed by atoms with Crippen LogP contribution in [0, 0.1) is 0 Å². The first-order chi connectivity index (χ1) is 9.65. The number of hydrogen-bond donors (Lipinski definition) is 1. The van der Waals surface area contributed by atoms with Gasteiger partial charge < -0.3 is 15.2 Å². The fraction of sp³-hybridized carbons (Fsp3) is 0.429. The number of hydrogen-bond acceptors (Lipinski definition) is 5. The lowest BCUT2D eigenvalue weighted by molar-refractivity contribution is -0.148. The average molecular weight is 276 g/mol. The van der Waals surface area contributed by atoms with Crippen LogP contribution in [0.1, 0.15) is 30.4 Å². The molecule has 0 saturated carbocycles. The zero-order valence-electron chi connectivity index (χ0n) is 11.1. The highest BCUT2D eigenvalue weighted by molar-refractivity contribution is 5.97. The highest BCUT2D eigenvalue weighted by atomic mass is 16.7. The first kappa shape index (κ1) is 12.9. The first-order valence-corrected chi connectivity index (χ1v) is 6.60. The number of ether oxygens (including phenoxy) is 2. The van der Waals surface area contributed by atoms with Gasteiger partial charge in [-0.1, -0.05) is 0 Å². The number of benzene rings is 1. The molecule has 0 aliphatic carbocycles. The van der Waals surface area contributed by atoms with E-state index in [2.05, 4.69) is 0 Å². The molecule has 6 heteroatoms. The summed E-state index contributed by atoms with van der Waals surface area (Å²) in [6, 6.07) is 3.54. The van der Waals surface area contributed by atoms with Crippen LogP contribution < -0.4 is 10.5 Å². The molecule has 0 atom stereocenters. The first-order valence-electron chi connectivity index (χ1n) is 6.60. The molecule has 2 amide bonds. The van der Waals surface area contributed by atoms with Gasteiger partial charge in [0.15, 0.2) is 6.79 Å². The topological polar surface area (TPSA) is 81.9 Å². The summed E-state index contributed by atoms with van der Waals surface area (Å²) in [6.45, 7) is 0.812. The maximum absolute atomic E-state index is 11.9. The number of amides is 2. The van der Waals surface area contributed by atoms with Crippen molar-refractivity contribution >= 4 is 17.5 Å². The van der Waals surface area contributed by atoms with E-state index in [9.17, 15) is 9.59 Å². The van der Waals surface area contributed by atoms with Gasteiger partial charge in [0, 0.05) is 29.7 Å². The zero-order chi connectivity index (χ0) is 14.1. The minimum Gasteiger partial charge on any atom is -0.467 e. The quantitative estimate of drug-likeness (QED) is 0.648. The number of nitrogens with zero attached hydrogens (tertiary/aromatic N) is 1.